The molecule has 0 aliphatic heterocycles. The maximum absolute atomic E-state index is 12.4. The zero-order chi connectivity index (χ0) is 24.2. The number of aliphatic carboxylic acids is 1. The molecule has 0 radical (unpaired) electrons. The molecule has 9 nitrogen and oxygen atoms in total. The number of pyridine rings is 1. The van der Waals surface area contributed by atoms with Crippen LogP contribution in [0.15, 0.2) is 18.3 Å². The minimum atomic E-state index is -0.752. The highest BCUT2D eigenvalue weighted by atomic mass is 16.6. The Morgan fingerprint density at radius 3 is 2.74 bits per heavy atom. The smallest absolute Gasteiger partial charge is 0.409 e. The van der Waals surface area contributed by atoms with Crippen molar-refractivity contribution in [3.63, 3.8) is 0 Å². The van der Waals surface area contributed by atoms with E-state index in [1.54, 1.807) is 22.8 Å². The first-order valence-corrected chi connectivity index (χ1v) is 12.1. The first-order chi connectivity index (χ1) is 16.3. The lowest BCUT2D eigenvalue weighted by atomic mass is 9.87. The van der Waals surface area contributed by atoms with Crippen molar-refractivity contribution in [3.05, 3.63) is 29.7 Å². The van der Waals surface area contributed by atoms with Crippen LogP contribution < -0.4 is 4.74 Å². The van der Waals surface area contributed by atoms with Crippen molar-refractivity contribution >= 4 is 12.1 Å². The average Bonchev–Trinajstić information content (AvgIpc) is 3.58. The Morgan fingerprint density at radius 2 is 2.03 bits per heavy atom. The number of hydrogen-bond acceptors (Lipinski definition) is 6. The van der Waals surface area contributed by atoms with E-state index in [0.29, 0.717) is 25.1 Å². The monoisotopic (exact) mass is 470 g/mol. The van der Waals surface area contributed by atoms with Gasteiger partial charge in [-0.15, -0.1) is 0 Å². The molecule has 9 heteroatoms. The molecule has 2 aromatic rings. The highest BCUT2D eigenvalue weighted by Crippen LogP contribution is 2.33. The summed E-state index contributed by atoms with van der Waals surface area (Å²) in [7, 11) is 3.58. The van der Waals surface area contributed by atoms with E-state index in [-0.39, 0.29) is 24.7 Å². The minimum Gasteiger partial charge on any atom is -0.489 e. The summed E-state index contributed by atoms with van der Waals surface area (Å²) in [6.07, 6.45) is 7.73. The second kappa shape index (κ2) is 10.4. The van der Waals surface area contributed by atoms with Crippen molar-refractivity contribution in [2.24, 2.45) is 18.9 Å². The molecule has 2 atom stereocenters. The molecule has 4 rings (SSSR count). The van der Waals surface area contributed by atoms with Gasteiger partial charge in [-0.1, -0.05) is 12.8 Å². The van der Waals surface area contributed by atoms with Crippen molar-refractivity contribution < 1.29 is 24.2 Å². The third kappa shape index (κ3) is 5.87. The van der Waals surface area contributed by atoms with Crippen LogP contribution in [0.3, 0.4) is 0 Å². The summed E-state index contributed by atoms with van der Waals surface area (Å²) in [6.45, 7) is 2.69. The molecule has 1 N–H and O–H groups in total. The highest BCUT2D eigenvalue weighted by molar-refractivity contribution is 5.70. The summed E-state index contributed by atoms with van der Waals surface area (Å²) in [4.78, 5) is 30.1. The molecule has 2 aliphatic rings. The number of hydrogen-bond donors (Lipinski definition) is 1. The Morgan fingerprint density at radius 1 is 1.24 bits per heavy atom. The van der Waals surface area contributed by atoms with Gasteiger partial charge < -0.3 is 19.5 Å². The first-order valence-electron chi connectivity index (χ1n) is 12.1. The number of amides is 1. The van der Waals surface area contributed by atoms with Gasteiger partial charge in [-0.3, -0.25) is 9.48 Å². The first kappa shape index (κ1) is 24.0. The van der Waals surface area contributed by atoms with Gasteiger partial charge in [-0.2, -0.15) is 5.10 Å². The fraction of sp³-hybridized carbons (Fsp3) is 0.600. The molecule has 34 heavy (non-hydrogen) atoms. The van der Waals surface area contributed by atoms with Gasteiger partial charge in [0.15, 0.2) is 0 Å². The normalized spacial score (nSPS) is 20.1. The third-order valence-electron chi connectivity index (χ3n) is 6.86. The molecule has 0 saturated heterocycles. The lowest BCUT2D eigenvalue weighted by Gasteiger charge is -2.27. The van der Waals surface area contributed by atoms with Gasteiger partial charge in [0, 0.05) is 26.2 Å². The molecule has 2 heterocycles. The average molecular weight is 471 g/mol. The molecule has 0 aromatic carbocycles. The molecular formula is C25H34N4O5. The molecule has 1 unspecified atom stereocenters. The summed E-state index contributed by atoms with van der Waals surface area (Å²) in [5, 5.41) is 13.7. The number of carbonyl (C=O) groups is 2. The SMILES string of the molecule is Cc1nc(-c2cnn(C)c2COC(=O)N(C)CCC2CC2)ccc1O[C@H]1CCCC(C(=O)O)C1. The van der Waals surface area contributed by atoms with Crippen LogP contribution in [-0.2, 0) is 23.2 Å². The summed E-state index contributed by atoms with van der Waals surface area (Å²) in [6, 6.07) is 3.74. The van der Waals surface area contributed by atoms with Gasteiger partial charge in [0.2, 0.25) is 0 Å². The van der Waals surface area contributed by atoms with Gasteiger partial charge in [0.25, 0.3) is 0 Å². The molecule has 184 valence electrons. The quantitative estimate of drug-likeness (QED) is 0.586. The molecule has 2 aromatic heterocycles. The van der Waals surface area contributed by atoms with Crippen LogP contribution in [-0.4, -0.2) is 56.5 Å². The van der Waals surface area contributed by atoms with E-state index in [4.69, 9.17) is 14.5 Å². The lowest BCUT2D eigenvalue weighted by molar-refractivity contribution is -0.143. The topological polar surface area (TPSA) is 107 Å². The van der Waals surface area contributed by atoms with E-state index in [0.717, 1.165) is 47.8 Å². The van der Waals surface area contributed by atoms with E-state index in [1.807, 2.05) is 26.1 Å². The highest BCUT2D eigenvalue weighted by Gasteiger charge is 2.28. The van der Waals surface area contributed by atoms with E-state index in [1.165, 1.54) is 12.8 Å². The molecule has 0 bridgehead atoms. The maximum Gasteiger partial charge on any atom is 0.409 e. The van der Waals surface area contributed by atoms with Crippen LogP contribution >= 0.6 is 0 Å². The standard InChI is InChI=1S/C25H34N4O5/c1-16-23(34-19-6-4-5-18(13-19)24(30)31)10-9-21(27-16)20-14-26-29(3)22(20)15-33-25(32)28(2)12-11-17-7-8-17/h9-10,14,17-19H,4-8,11-13,15H2,1-3H3,(H,30,31)/t18?,19-/m0/s1. The maximum atomic E-state index is 12.4. The number of aromatic nitrogens is 3. The number of rotatable bonds is 9. The Bertz CT molecular complexity index is 1030. The van der Waals surface area contributed by atoms with Gasteiger partial charge in [0.1, 0.15) is 12.4 Å². The second-order valence-electron chi connectivity index (χ2n) is 9.56. The number of nitrogens with zero attached hydrogens (tertiary/aromatic N) is 4. The van der Waals surface area contributed by atoms with E-state index < -0.39 is 5.97 Å². The van der Waals surface area contributed by atoms with Crippen molar-refractivity contribution in [3.8, 4) is 17.0 Å². The van der Waals surface area contributed by atoms with Crippen molar-refractivity contribution in [2.75, 3.05) is 13.6 Å². The molecule has 2 aliphatic carbocycles. The summed E-state index contributed by atoms with van der Waals surface area (Å²) < 4.78 is 13.4. The van der Waals surface area contributed by atoms with Crippen LogP contribution in [0.25, 0.3) is 11.3 Å². The van der Waals surface area contributed by atoms with Crippen molar-refractivity contribution in [1.29, 1.82) is 0 Å². The van der Waals surface area contributed by atoms with Gasteiger partial charge in [0.05, 0.1) is 35.3 Å². The van der Waals surface area contributed by atoms with Crippen molar-refractivity contribution in [1.82, 2.24) is 19.7 Å². The van der Waals surface area contributed by atoms with Crippen LogP contribution in [0.5, 0.6) is 5.75 Å². The minimum absolute atomic E-state index is 0.107. The molecular weight excluding hydrogens is 436 g/mol. The summed E-state index contributed by atoms with van der Waals surface area (Å²) >= 11 is 0. The van der Waals surface area contributed by atoms with Gasteiger partial charge >= 0.3 is 12.1 Å². The predicted molar refractivity (Wildman–Crippen MR) is 125 cm³/mol. The molecule has 2 saturated carbocycles. The van der Waals surface area contributed by atoms with Gasteiger partial charge in [-0.25, -0.2) is 9.78 Å². The lowest BCUT2D eigenvalue weighted by Crippen LogP contribution is -2.29. The van der Waals surface area contributed by atoms with Crippen molar-refractivity contribution in [2.45, 2.75) is 64.6 Å². The van der Waals surface area contributed by atoms with Crippen LogP contribution in [0.2, 0.25) is 0 Å². The molecule has 0 spiro atoms. The Balaban J connectivity index is 1.40. The van der Waals surface area contributed by atoms with Crippen LogP contribution in [0.4, 0.5) is 4.79 Å². The van der Waals surface area contributed by atoms with Crippen LogP contribution in [0.1, 0.15) is 56.3 Å². The predicted octanol–water partition coefficient (Wildman–Crippen LogP) is 4.18. The fourth-order valence-corrected chi connectivity index (χ4v) is 4.44. The zero-order valence-corrected chi connectivity index (χ0v) is 20.2. The number of carbonyl (C=O) groups excluding carboxylic acids is 1. The van der Waals surface area contributed by atoms with E-state index in [9.17, 15) is 14.7 Å². The van der Waals surface area contributed by atoms with Crippen LogP contribution in [0, 0.1) is 18.8 Å². The summed E-state index contributed by atoms with van der Waals surface area (Å²) in [5.41, 5.74) is 3.01. The number of carboxylic acid groups (broad SMARTS) is 1. The molecule has 1 amide bonds. The number of ether oxygens (including phenoxy) is 2. The molecule has 2 fully saturated rings. The number of carboxylic acids is 1. The Kier molecular flexibility index (Phi) is 7.38. The second-order valence-corrected chi connectivity index (χ2v) is 9.56. The Hall–Kier alpha value is -3.10. The fourth-order valence-electron chi connectivity index (χ4n) is 4.44. The largest absolute Gasteiger partial charge is 0.489 e. The summed E-state index contributed by atoms with van der Waals surface area (Å²) in [5.74, 6) is 0.322. The number of aryl methyl sites for hydroxylation is 2. The van der Waals surface area contributed by atoms with Gasteiger partial charge in [-0.05, 0) is 57.1 Å². The Labute approximate surface area is 200 Å². The van der Waals surface area contributed by atoms with E-state index in [2.05, 4.69) is 5.10 Å². The zero-order valence-electron chi connectivity index (χ0n) is 20.2. The van der Waals surface area contributed by atoms with E-state index >= 15 is 0 Å². The third-order valence-corrected chi connectivity index (χ3v) is 6.86.